The first-order chi connectivity index (χ1) is 8.15. The van der Waals surface area contributed by atoms with Crippen LogP contribution in [-0.2, 0) is 4.74 Å². The molecule has 0 spiro atoms. The average molecular weight is 243 g/mol. The predicted octanol–water partition coefficient (Wildman–Crippen LogP) is -1.31. The molecule has 0 saturated carbocycles. The number of rotatable bonds is 3. The fraction of sp³-hybridized carbons (Fsp3) is 0.556. The van der Waals surface area contributed by atoms with Crippen LogP contribution in [0.1, 0.15) is 12.6 Å². The summed E-state index contributed by atoms with van der Waals surface area (Å²) in [5.41, 5.74) is 1.15. The first kappa shape index (κ1) is 12.0. The van der Waals surface area contributed by atoms with Gasteiger partial charge in [-0.3, -0.25) is 15.3 Å². The summed E-state index contributed by atoms with van der Waals surface area (Å²) in [6.07, 6.45) is -0.561. The Hall–Kier alpha value is -1.48. The standard InChI is InChI=1S/C9H13N3O5/c13-4-6-5(14)3-8(17-6)12-2-1-7(11-16)10-9(12)15/h1-2,5-6,8,13-14,16H,3-4H2,(H,10,11,15)/t5-,6+,8+/m0/s1. The van der Waals surface area contributed by atoms with Crippen molar-refractivity contribution in [3.8, 4) is 0 Å². The monoisotopic (exact) mass is 243 g/mol. The van der Waals surface area contributed by atoms with E-state index in [1.807, 2.05) is 0 Å². The molecule has 2 rings (SSSR count). The van der Waals surface area contributed by atoms with E-state index in [-0.39, 0.29) is 18.8 Å². The van der Waals surface area contributed by atoms with Gasteiger partial charge >= 0.3 is 5.69 Å². The van der Waals surface area contributed by atoms with E-state index in [1.165, 1.54) is 16.8 Å². The third-order valence-corrected chi connectivity index (χ3v) is 2.64. The molecule has 4 N–H and O–H groups in total. The van der Waals surface area contributed by atoms with Crippen molar-refractivity contribution in [2.75, 3.05) is 12.1 Å². The van der Waals surface area contributed by atoms with Gasteiger partial charge in [0.25, 0.3) is 0 Å². The molecule has 2 heterocycles. The fourth-order valence-corrected chi connectivity index (χ4v) is 1.74. The van der Waals surface area contributed by atoms with Crippen LogP contribution in [0.4, 0.5) is 5.82 Å². The van der Waals surface area contributed by atoms with Crippen molar-refractivity contribution in [2.24, 2.45) is 0 Å². The highest BCUT2D eigenvalue weighted by molar-refractivity contribution is 5.28. The van der Waals surface area contributed by atoms with Gasteiger partial charge in [-0.1, -0.05) is 0 Å². The number of ether oxygens (including phenoxy) is 1. The first-order valence-electron chi connectivity index (χ1n) is 5.09. The molecule has 8 heteroatoms. The van der Waals surface area contributed by atoms with Gasteiger partial charge in [0.05, 0.1) is 12.7 Å². The van der Waals surface area contributed by atoms with E-state index in [9.17, 15) is 9.90 Å². The Morgan fingerprint density at radius 1 is 1.65 bits per heavy atom. The third kappa shape index (κ3) is 2.29. The molecule has 1 fully saturated rings. The zero-order valence-electron chi connectivity index (χ0n) is 8.85. The lowest BCUT2D eigenvalue weighted by Gasteiger charge is -2.14. The van der Waals surface area contributed by atoms with Crippen molar-refractivity contribution in [1.82, 2.24) is 9.55 Å². The van der Waals surface area contributed by atoms with E-state index in [4.69, 9.17) is 15.1 Å². The molecule has 1 saturated heterocycles. The Balaban J connectivity index is 2.22. The predicted molar refractivity (Wildman–Crippen MR) is 55.5 cm³/mol. The number of hydrogen-bond acceptors (Lipinski definition) is 7. The summed E-state index contributed by atoms with van der Waals surface area (Å²) in [6, 6.07) is 1.39. The van der Waals surface area contributed by atoms with Gasteiger partial charge in [0.2, 0.25) is 0 Å². The molecule has 1 aliphatic rings. The van der Waals surface area contributed by atoms with E-state index in [0.717, 1.165) is 0 Å². The zero-order valence-corrected chi connectivity index (χ0v) is 8.85. The van der Waals surface area contributed by atoms with E-state index in [0.29, 0.717) is 0 Å². The third-order valence-electron chi connectivity index (χ3n) is 2.64. The summed E-state index contributed by atoms with van der Waals surface area (Å²) in [4.78, 5) is 15.1. The minimum Gasteiger partial charge on any atom is -0.394 e. The average Bonchev–Trinajstić information content (AvgIpc) is 2.70. The lowest BCUT2D eigenvalue weighted by molar-refractivity contribution is -0.0458. The van der Waals surface area contributed by atoms with Crippen molar-refractivity contribution in [3.05, 3.63) is 22.7 Å². The van der Waals surface area contributed by atoms with Crippen molar-refractivity contribution in [2.45, 2.75) is 24.9 Å². The van der Waals surface area contributed by atoms with Crippen LogP contribution >= 0.6 is 0 Å². The van der Waals surface area contributed by atoms with Crippen LogP contribution in [0, 0.1) is 0 Å². The molecule has 1 aliphatic heterocycles. The molecular weight excluding hydrogens is 230 g/mol. The minimum absolute atomic E-state index is 0.0310. The van der Waals surface area contributed by atoms with Crippen LogP contribution in [0.2, 0.25) is 0 Å². The highest BCUT2D eigenvalue weighted by Gasteiger charge is 2.34. The summed E-state index contributed by atoms with van der Waals surface area (Å²) in [5.74, 6) is 0.0310. The molecule has 8 nitrogen and oxygen atoms in total. The molecular formula is C9H13N3O5. The van der Waals surface area contributed by atoms with Crippen LogP contribution in [0.25, 0.3) is 0 Å². The fourth-order valence-electron chi connectivity index (χ4n) is 1.74. The van der Waals surface area contributed by atoms with Gasteiger partial charge in [-0.15, -0.1) is 0 Å². The molecule has 0 aromatic carbocycles. The SMILES string of the molecule is O=c1nc(NO)ccn1[C@H]1C[C@H](O)[C@@H](CO)O1. The smallest absolute Gasteiger partial charge is 0.351 e. The van der Waals surface area contributed by atoms with E-state index >= 15 is 0 Å². The van der Waals surface area contributed by atoms with Crippen LogP contribution in [-0.4, -0.2) is 43.8 Å². The van der Waals surface area contributed by atoms with Gasteiger partial charge in [-0.2, -0.15) is 4.98 Å². The second-order valence-electron chi connectivity index (χ2n) is 3.73. The minimum atomic E-state index is -0.812. The maximum atomic E-state index is 11.6. The summed E-state index contributed by atoms with van der Waals surface area (Å²) >= 11 is 0. The van der Waals surface area contributed by atoms with Crippen molar-refractivity contribution in [3.63, 3.8) is 0 Å². The maximum absolute atomic E-state index is 11.6. The molecule has 17 heavy (non-hydrogen) atoms. The van der Waals surface area contributed by atoms with Crippen molar-refractivity contribution in [1.29, 1.82) is 0 Å². The number of nitrogens with zero attached hydrogens (tertiary/aromatic N) is 2. The summed E-state index contributed by atoms with van der Waals surface area (Å²) in [6.45, 7) is -0.309. The second kappa shape index (κ2) is 4.80. The lowest BCUT2D eigenvalue weighted by Crippen LogP contribution is -2.27. The van der Waals surface area contributed by atoms with E-state index in [1.54, 1.807) is 5.48 Å². The molecule has 0 aliphatic carbocycles. The molecule has 0 amide bonds. The van der Waals surface area contributed by atoms with Gasteiger partial charge < -0.3 is 14.9 Å². The topological polar surface area (TPSA) is 117 Å². The van der Waals surface area contributed by atoms with Crippen LogP contribution < -0.4 is 11.2 Å². The Kier molecular flexibility index (Phi) is 3.38. The van der Waals surface area contributed by atoms with Gasteiger partial charge in [0.1, 0.15) is 12.3 Å². The van der Waals surface area contributed by atoms with Crippen LogP contribution in [0.15, 0.2) is 17.1 Å². The normalized spacial score (nSPS) is 28.3. The number of hydrogen-bond donors (Lipinski definition) is 4. The lowest BCUT2D eigenvalue weighted by atomic mass is 10.2. The van der Waals surface area contributed by atoms with Gasteiger partial charge in [-0.25, -0.2) is 4.79 Å². The highest BCUT2D eigenvalue weighted by Crippen LogP contribution is 2.27. The number of nitrogens with one attached hydrogen (secondary N) is 1. The molecule has 94 valence electrons. The molecule has 0 unspecified atom stereocenters. The number of aromatic nitrogens is 2. The molecule has 3 atom stereocenters. The van der Waals surface area contributed by atoms with Crippen molar-refractivity contribution >= 4 is 5.82 Å². The van der Waals surface area contributed by atoms with E-state index < -0.39 is 24.1 Å². The zero-order chi connectivity index (χ0) is 12.4. The molecule has 1 aromatic rings. The Morgan fingerprint density at radius 3 is 2.94 bits per heavy atom. The molecule has 1 aromatic heterocycles. The molecule has 0 radical (unpaired) electrons. The number of anilines is 1. The quantitative estimate of drug-likeness (QED) is 0.487. The summed E-state index contributed by atoms with van der Waals surface area (Å²) in [5, 5.41) is 27.0. The maximum Gasteiger partial charge on any atom is 0.351 e. The van der Waals surface area contributed by atoms with Crippen LogP contribution in [0.5, 0.6) is 0 Å². The summed E-state index contributed by atoms with van der Waals surface area (Å²) in [7, 11) is 0. The van der Waals surface area contributed by atoms with E-state index in [2.05, 4.69) is 4.98 Å². The Bertz CT molecular complexity index is 449. The van der Waals surface area contributed by atoms with Crippen LogP contribution in [0.3, 0.4) is 0 Å². The van der Waals surface area contributed by atoms with Gasteiger partial charge in [-0.05, 0) is 6.07 Å². The largest absolute Gasteiger partial charge is 0.394 e. The van der Waals surface area contributed by atoms with Crippen molar-refractivity contribution < 1.29 is 20.2 Å². The summed E-state index contributed by atoms with van der Waals surface area (Å²) < 4.78 is 6.50. The number of aliphatic hydroxyl groups excluding tert-OH is 2. The Morgan fingerprint density at radius 2 is 2.41 bits per heavy atom. The number of aliphatic hydroxyl groups is 2. The Labute approximate surface area is 96.1 Å². The highest BCUT2D eigenvalue weighted by atomic mass is 16.5. The van der Waals surface area contributed by atoms with Gasteiger partial charge in [0, 0.05) is 12.6 Å². The molecule has 0 bridgehead atoms. The van der Waals surface area contributed by atoms with Gasteiger partial charge in [0.15, 0.2) is 5.82 Å². The first-order valence-corrected chi connectivity index (χ1v) is 5.09. The second-order valence-corrected chi connectivity index (χ2v) is 3.73.